The van der Waals surface area contributed by atoms with Gasteiger partial charge in [0, 0.05) is 0 Å². The number of halogens is 4. The van der Waals surface area contributed by atoms with Crippen LogP contribution in [-0.2, 0) is 0 Å². The van der Waals surface area contributed by atoms with E-state index in [4.69, 9.17) is 46.4 Å². The molecule has 0 nitrogen and oxygen atoms in total. The Morgan fingerprint density at radius 3 is 1.29 bits per heavy atom. The second-order valence-electron chi connectivity index (χ2n) is 2.98. The second kappa shape index (κ2) is 10.2. The van der Waals surface area contributed by atoms with E-state index in [1.54, 1.807) is 0 Å². The first-order valence-corrected chi connectivity index (χ1v) is 6.16. The molecule has 0 amide bonds. The summed E-state index contributed by atoms with van der Waals surface area (Å²) in [5.41, 5.74) is 0. The molecule has 0 aliphatic rings. The zero-order valence-electron chi connectivity index (χ0n) is 7.91. The molecule has 0 aromatic carbocycles. The van der Waals surface area contributed by atoms with Crippen molar-refractivity contribution in [1.82, 2.24) is 0 Å². The minimum atomic E-state index is 0.363. The fourth-order valence-electron chi connectivity index (χ4n) is 1.06. The van der Waals surface area contributed by atoms with Crippen molar-refractivity contribution in [3.8, 4) is 0 Å². The van der Waals surface area contributed by atoms with Crippen LogP contribution >= 0.6 is 46.4 Å². The topological polar surface area (TPSA) is 0 Å². The summed E-state index contributed by atoms with van der Waals surface area (Å²) in [7, 11) is 0. The molecule has 0 heterocycles. The molecule has 0 aliphatic carbocycles. The van der Waals surface area contributed by atoms with Crippen LogP contribution in [0.15, 0.2) is 21.1 Å². The molecule has 0 saturated heterocycles. The molecule has 0 atom stereocenters. The molecular weight excluding hydrogens is 262 g/mol. The molecule has 0 N–H and O–H groups in total. The van der Waals surface area contributed by atoms with Gasteiger partial charge in [0.05, 0.1) is 0 Å². The van der Waals surface area contributed by atoms with Gasteiger partial charge in [0.25, 0.3) is 0 Å². The van der Waals surface area contributed by atoms with Crippen molar-refractivity contribution in [2.24, 2.45) is 0 Å². The fourth-order valence-corrected chi connectivity index (χ4v) is 1.50. The number of hydrogen-bond donors (Lipinski definition) is 0. The van der Waals surface area contributed by atoms with E-state index >= 15 is 0 Å². The van der Waals surface area contributed by atoms with Crippen molar-refractivity contribution in [2.45, 2.75) is 38.5 Å². The number of hydrogen-bond acceptors (Lipinski definition) is 0. The fraction of sp³-hybridized carbons (Fsp3) is 0.600. The molecule has 0 radical (unpaired) electrons. The standard InChI is InChI=1S/C10H14Cl4/c11-9(12)7-5-3-1-2-4-6-8-10(13)14/h7-8H,1-6H2. The van der Waals surface area contributed by atoms with Gasteiger partial charge < -0.3 is 0 Å². The Balaban J connectivity index is 3.15. The highest BCUT2D eigenvalue weighted by molar-refractivity contribution is 6.56. The van der Waals surface area contributed by atoms with Crippen molar-refractivity contribution in [3.63, 3.8) is 0 Å². The first kappa shape index (κ1) is 14.6. The molecule has 0 rings (SSSR count). The second-order valence-corrected chi connectivity index (χ2v) is 4.99. The van der Waals surface area contributed by atoms with Gasteiger partial charge in [0.15, 0.2) is 0 Å². The lowest BCUT2D eigenvalue weighted by Crippen LogP contribution is -1.77. The molecule has 0 fully saturated rings. The van der Waals surface area contributed by atoms with Crippen LogP contribution in [0.25, 0.3) is 0 Å². The van der Waals surface area contributed by atoms with Crippen LogP contribution in [0.1, 0.15) is 38.5 Å². The molecular formula is C10H14Cl4. The summed E-state index contributed by atoms with van der Waals surface area (Å²) in [6.45, 7) is 0. The number of rotatable bonds is 7. The van der Waals surface area contributed by atoms with Crippen LogP contribution in [0, 0.1) is 0 Å². The first-order valence-electron chi connectivity index (χ1n) is 4.65. The highest BCUT2D eigenvalue weighted by atomic mass is 35.5. The number of allylic oxidation sites excluding steroid dienone is 2. The molecule has 0 aromatic heterocycles. The van der Waals surface area contributed by atoms with Crippen LogP contribution in [0.2, 0.25) is 0 Å². The maximum atomic E-state index is 5.46. The molecule has 14 heavy (non-hydrogen) atoms. The minimum absolute atomic E-state index is 0.363. The van der Waals surface area contributed by atoms with Gasteiger partial charge in [-0.2, -0.15) is 0 Å². The minimum Gasteiger partial charge on any atom is -0.0713 e. The Morgan fingerprint density at radius 2 is 1.00 bits per heavy atom. The SMILES string of the molecule is ClC(Cl)=CCCCCCCC=C(Cl)Cl. The van der Waals surface area contributed by atoms with E-state index in [1.165, 1.54) is 12.8 Å². The predicted molar refractivity (Wildman–Crippen MR) is 67.3 cm³/mol. The third-order valence-electron chi connectivity index (χ3n) is 1.76. The average molecular weight is 276 g/mol. The van der Waals surface area contributed by atoms with E-state index in [2.05, 4.69) is 0 Å². The Hall–Kier alpha value is 0.640. The average Bonchev–Trinajstić information content (AvgIpc) is 2.08. The summed E-state index contributed by atoms with van der Waals surface area (Å²) in [6.07, 6.45) is 10.2. The van der Waals surface area contributed by atoms with Gasteiger partial charge in [0.1, 0.15) is 8.98 Å². The Morgan fingerprint density at radius 1 is 0.643 bits per heavy atom. The van der Waals surface area contributed by atoms with Gasteiger partial charge in [-0.05, 0) is 25.7 Å². The number of unbranched alkanes of at least 4 members (excludes halogenated alkanes) is 5. The van der Waals surface area contributed by atoms with Crippen molar-refractivity contribution >= 4 is 46.4 Å². The van der Waals surface area contributed by atoms with Crippen LogP contribution in [0.4, 0.5) is 0 Å². The van der Waals surface area contributed by atoms with Crippen LogP contribution < -0.4 is 0 Å². The molecule has 0 aromatic rings. The highest BCUT2D eigenvalue weighted by Gasteiger charge is 1.90. The lowest BCUT2D eigenvalue weighted by atomic mass is 10.1. The molecule has 4 heteroatoms. The van der Waals surface area contributed by atoms with E-state index in [0.717, 1.165) is 25.7 Å². The van der Waals surface area contributed by atoms with Gasteiger partial charge in [-0.1, -0.05) is 71.4 Å². The van der Waals surface area contributed by atoms with Crippen LogP contribution in [0.3, 0.4) is 0 Å². The summed E-state index contributed by atoms with van der Waals surface area (Å²) in [6, 6.07) is 0. The predicted octanol–water partition coefficient (Wildman–Crippen LogP) is 5.97. The quantitative estimate of drug-likeness (QED) is 0.503. The van der Waals surface area contributed by atoms with Gasteiger partial charge in [-0.15, -0.1) is 0 Å². The summed E-state index contributed by atoms with van der Waals surface area (Å²) in [5, 5.41) is 0. The summed E-state index contributed by atoms with van der Waals surface area (Å²) in [4.78, 5) is 0. The summed E-state index contributed by atoms with van der Waals surface area (Å²) in [5.74, 6) is 0. The van der Waals surface area contributed by atoms with Gasteiger partial charge in [-0.25, -0.2) is 0 Å². The highest BCUT2D eigenvalue weighted by Crippen LogP contribution is 2.13. The van der Waals surface area contributed by atoms with Crippen LogP contribution in [0.5, 0.6) is 0 Å². The molecule has 0 saturated carbocycles. The molecule has 0 bridgehead atoms. The monoisotopic (exact) mass is 274 g/mol. The van der Waals surface area contributed by atoms with Crippen molar-refractivity contribution in [3.05, 3.63) is 21.1 Å². The maximum Gasteiger partial charge on any atom is 0.102 e. The maximum absolute atomic E-state index is 5.46. The third kappa shape index (κ3) is 12.6. The van der Waals surface area contributed by atoms with Gasteiger partial charge in [0.2, 0.25) is 0 Å². The van der Waals surface area contributed by atoms with Crippen molar-refractivity contribution < 1.29 is 0 Å². The Kier molecular flexibility index (Phi) is 10.6. The Labute approximate surface area is 106 Å². The van der Waals surface area contributed by atoms with Crippen molar-refractivity contribution in [2.75, 3.05) is 0 Å². The van der Waals surface area contributed by atoms with Gasteiger partial charge >= 0.3 is 0 Å². The molecule has 0 aliphatic heterocycles. The smallest absolute Gasteiger partial charge is 0.0713 e. The largest absolute Gasteiger partial charge is 0.102 e. The summed E-state index contributed by atoms with van der Waals surface area (Å²) >= 11 is 21.9. The lowest BCUT2D eigenvalue weighted by molar-refractivity contribution is 0.652. The Bertz CT molecular complexity index is 166. The zero-order valence-corrected chi connectivity index (χ0v) is 10.9. The molecule has 0 spiro atoms. The first-order chi connectivity index (χ1) is 6.63. The normalized spacial score (nSPS) is 9.71. The van der Waals surface area contributed by atoms with E-state index in [1.807, 2.05) is 12.2 Å². The van der Waals surface area contributed by atoms with Crippen LogP contribution in [-0.4, -0.2) is 0 Å². The lowest BCUT2D eigenvalue weighted by Gasteiger charge is -1.96. The van der Waals surface area contributed by atoms with E-state index in [9.17, 15) is 0 Å². The van der Waals surface area contributed by atoms with E-state index in [-0.39, 0.29) is 0 Å². The van der Waals surface area contributed by atoms with E-state index < -0.39 is 0 Å². The van der Waals surface area contributed by atoms with Gasteiger partial charge in [-0.3, -0.25) is 0 Å². The summed E-state index contributed by atoms with van der Waals surface area (Å²) < 4.78 is 0.726. The van der Waals surface area contributed by atoms with E-state index in [0.29, 0.717) is 8.98 Å². The third-order valence-corrected chi connectivity index (χ3v) is 2.37. The van der Waals surface area contributed by atoms with Crippen molar-refractivity contribution in [1.29, 1.82) is 0 Å². The zero-order chi connectivity index (χ0) is 10.8. The molecule has 0 unspecified atom stereocenters. The molecule has 82 valence electrons.